The molecule has 1 aliphatic rings. The number of sulfonamides is 1. The van der Waals surface area contributed by atoms with Crippen LogP contribution >= 0.6 is 0 Å². The van der Waals surface area contributed by atoms with E-state index in [2.05, 4.69) is 10.3 Å². The number of hydrogen-bond acceptors (Lipinski definition) is 7. The van der Waals surface area contributed by atoms with Gasteiger partial charge in [-0.15, -0.1) is 0 Å². The van der Waals surface area contributed by atoms with E-state index < -0.39 is 19.9 Å². The van der Waals surface area contributed by atoms with Crippen LogP contribution in [0.5, 0.6) is 0 Å². The Morgan fingerprint density at radius 3 is 2.34 bits per heavy atom. The maximum Gasteiger partial charge on any atom is 0.255 e. The smallest absolute Gasteiger partial charge is 0.255 e. The number of sulfone groups is 1. The molecule has 1 aliphatic carbocycles. The number of furan rings is 1. The fraction of sp³-hybridized carbons (Fsp3) is 0.417. The fourth-order valence-electron chi connectivity index (χ4n) is 4.08. The number of hydrogen-bond donors (Lipinski definition) is 1. The molecule has 188 valence electrons. The molecule has 35 heavy (non-hydrogen) atoms. The number of carbonyl (C=O) groups is 1. The van der Waals surface area contributed by atoms with Gasteiger partial charge in [0.25, 0.3) is 5.91 Å². The Labute approximate surface area is 205 Å². The summed E-state index contributed by atoms with van der Waals surface area (Å²) >= 11 is 0. The van der Waals surface area contributed by atoms with Gasteiger partial charge in [0.1, 0.15) is 21.4 Å². The molecule has 0 radical (unpaired) electrons. The first kappa shape index (κ1) is 25.2. The van der Waals surface area contributed by atoms with Gasteiger partial charge in [-0.1, -0.05) is 29.8 Å². The number of pyridine rings is 1. The van der Waals surface area contributed by atoms with Gasteiger partial charge in [0.15, 0.2) is 0 Å². The molecular weight excluding hydrogens is 490 g/mol. The molecule has 2 aromatic heterocycles. The summed E-state index contributed by atoms with van der Waals surface area (Å²) < 4.78 is 55.9. The molecule has 0 bridgehead atoms. The van der Waals surface area contributed by atoms with Crippen LogP contribution in [0.2, 0.25) is 0 Å². The second-order valence-corrected chi connectivity index (χ2v) is 13.3. The molecule has 4 rings (SSSR count). The van der Waals surface area contributed by atoms with Crippen LogP contribution in [0, 0.1) is 6.92 Å². The molecule has 11 heteroatoms. The highest BCUT2D eigenvalue weighted by Crippen LogP contribution is 2.46. The van der Waals surface area contributed by atoms with Crippen LogP contribution in [0.25, 0.3) is 22.4 Å². The minimum absolute atomic E-state index is 0.0298. The van der Waals surface area contributed by atoms with Crippen LogP contribution in [-0.2, 0) is 19.9 Å². The van der Waals surface area contributed by atoms with E-state index in [4.69, 9.17) is 4.42 Å². The second kappa shape index (κ2) is 9.27. The number of aromatic nitrogens is 1. The third-order valence-electron chi connectivity index (χ3n) is 5.99. The molecule has 0 spiro atoms. The van der Waals surface area contributed by atoms with Crippen LogP contribution < -0.4 is 9.62 Å². The van der Waals surface area contributed by atoms with E-state index in [1.54, 1.807) is 6.07 Å². The van der Waals surface area contributed by atoms with E-state index in [9.17, 15) is 21.6 Å². The zero-order valence-electron chi connectivity index (χ0n) is 20.2. The maximum absolute atomic E-state index is 12.9. The summed E-state index contributed by atoms with van der Waals surface area (Å²) in [4.78, 5) is 17.5. The van der Waals surface area contributed by atoms with Crippen molar-refractivity contribution < 1.29 is 26.0 Å². The number of benzene rings is 1. The molecule has 1 aromatic carbocycles. The molecule has 1 amide bonds. The van der Waals surface area contributed by atoms with Crippen LogP contribution in [0.15, 0.2) is 34.7 Å². The number of aryl methyl sites for hydroxylation is 1. The standard InChI is InChI=1S/C24H29N3O6S2/c1-15-6-8-17(9-7-15)21-20(23(28)25-2)19-14-18(16-10-11-16)22(26-24(19)33-21)27(35(4,31)32)12-5-13-34(3,29)30/h6-9,14,16H,5,10-13H2,1-4H3,(H,25,28). The average molecular weight is 520 g/mol. The summed E-state index contributed by atoms with van der Waals surface area (Å²) in [6, 6.07) is 9.35. The van der Waals surface area contributed by atoms with Gasteiger partial charge in [-0.05, 0) is 43.7 Å². The lowest BCUT2D eigenvalue weighted by atomic mass is 10.0. The Hall–Kier alpha value is -2.92. The Kier molecular flexibility index (Phi) is 6.67. The number of anilines is 1. The first-order chi connectivity index (χ1) is 16.4. The lowest BCUT2D eigenvalue weighted by Gasteiger charge is -2.23. The molecule has 1 N–H and O–H groups in total. The lowest BCUT2D eigenvalue weighted by Crippen LogP contribution is -2.33. The Morgan fingerprint density at radius 2 is 1.80 bits per heavy atom. The number of fused-ring (bicyclic) bond motifs is 1. The van der Waals surface area contributed by atoms with Gasteiger partial charge < -0.3 is 9.73 Å². The van der Waals surface area contributed by atoms with Crippen molar-refractivity contribution in [2.45, 2.75) is 32.1 Å². The first-order valence-electron chi connectivity index (χ1n) is 11.3. The van der Waals surface area contributed by atoms with Gasteiger partial charge in [-0.25, -0.2) is 16.8 Å². The van der Waals surface area contributed by atoms with Crippen LogP contribution in [0.4, 0.5) is 5.82 Å². The predicted octanol–water partition coefficient (Wildman–Crippen LogP) is 3.24. The van der Waals surface area contributed by atoms with Crippen molar-refractivity contribution in [3.05, 3.63) is 47.0 Å². The van der Waals surface area contributed by atoms with Gasteiger partial charge in [-0.2, -0.15) is 4.98 Å². The van der Waals surface area contributed by atoms with Crippen LogP contribution in [0.3, 0.4) is 0 Å². The maximum atomic E-state index is 12.9. The molecule has 0 atom stereocenters. The summed E-state index contributed by atoms with van der Waals surface area (Å²) in [5, 5.41) is 3.17. The largest absolute Gasteiger partial charge is 0.437 e. The molecule has 3 aromatic rings. The van der Waals surface area contributed by atoms with Gasteiger partial charge in [0.2, 0.25) is 15.7 Å². The van der Waals surface area contributed by atoms with Gasteiger partial charge in [0, 0.05) is 25.4 Å². The normalized spacial score (nSPS) is 14.3. The van der Waals surface area contributed by atoms with Crippen molar-refractivity contribution in [3.8, 4) is 11.3 Å². The molecule has 1 saturated carbocycles. The lowest BCUT2D eigenvalue weighted by molar-refractivity contribution is 0.0964. The molecule has 1 fully saturated rings. The minimum atomic E-state index is -3.76. The summed E-state index contributed by atoms with van der Waals surface area (Å²) in [5.74, 6) is 0.219. The van der Waals surface area contributed by atoms with Crippen molar-refractivity contribution >= 4 is 42.7 Å². The van der Waals surface area contributed by atoms with Crippen LogP contribution in [0.1, 0.15) is 46.7 Å². The summed E-state index contributed by atoms with van der Waals surface area (Å²) in [5.41, 5.74) is 2.96. The van der Waals surface area contributed by atoms with Crippen molar-refractivity contribution in [3.63, 3.8) is 0 Å². The highest BCUT2D eigenvalue weighted by atomic mass is 32.2. The molecular formula is C24H29N3O6S2. The highest BCUT2D eigenvalue weighted by molar-refractivity contribution is 7.92. The zero-order chi connectivity index (χ0) is 25.5. The average Bonchev–Trinajstić information content (AvgIpc) is 3.55. The topological polar surface area (TPSA) is 127 Å². The summed E-state index contributed by atoms with van der Waals surface area (Å²) in [6.07, 6.45) is 4.07. The van der Waals surface area contributed by atoms with E-state index in [-0.39, 0.29) is 42.1 Å². The number of carbonyl (C=O) groups excluding carboxylic acids is 1. The van der Waals surface area contributed by atoms with Gasteiger partial charge in [-0.3, -0.25) is 9.10 Å². The van der Waals surface area contributed by atoms with E-state index >= 15 is 0 Å². The quantitative estimate of drug-likeness (QED) is 0.460. The fourth-order valence-corrected chi connectivity index (χ4v) is 5.66. The first-order valence-corrected chi connectivity index (χ1v) is 15.2. The SMILES string of the molecule is CNC(=O)c1c(-c2ccc(C)cc2)oc2nc(N(CCCS(C)(=O)=O)S(C)(=O)=O)c(C3CC3)cc12. The molecule has 0 saturated heterocycles. The Balaban J connectivity index is 1.90. The molecule has 0 unspecified atom stereocenters. The van der Waals surface area contributed by atoms with E-state index in [0.29, 0.717) is 27.8 Å². The van der Waals surface area contributed by atoms with Gasteiger partial charge in [0.05, 0.1) is 23.0 Å². The number of rotatable bonds is 9. The highest BCUT2D eigenvalue weighted by Gasteiger charge is 2.34. The number of amides is 1. The van der Waals surface area contributed by atoms with Crippen molar-refractivity contribution in [1.29, 1.82) is 0 Å². The van der Waals surface area contributed by atoms with Gasteiger partial charge >= 0.3 is 0 Å². The number of nitrogens with one attached hydrogen (secondary N) is 1. The minimum Gasteiger partial charge on any atom is -0.437 e. The van der Waals surface area contributed by atoms with Crippen molar-refractivity contribution in [2.75, 3.05) is 36.2 Å². The third kappa shape index (κ3) is 5.51. The van der Waals surface area contributed by atoms with Crippen molar-refractivity contribution in [1.82, 2.24) is 10.3 Å². The zero-order valence-corrected chi connectivity index (χ0v) is 21.8. The molecule has 9 nitrogen and oxygen atoms in total. The monoisotopic (exact) mass is 519 g/mol. The van der Waals surface area contributed by atoms with Crippen molar-refractivity contribution in [2.24, 2.45) is 0 Å². The summed E-state index contributed by atoms with van der Waals surface area (Å²) in [6.45, 7) is 1.93. The molecule has 0 aliphatic heterocycles. The van der Waals surface area contributed by atoms with E-state index in [0.717, 1.165) is 35.2 Å². The van der Waals surface area contributed by atoms with Crippen LogP contribution in [-0.4, -0.2) is 59.6 Å². The summed E-state index contributed by atoms with van der Waals surface area (Å²) in [7, 11) is -5.47. The second-order valence-electron chi connectivity index (χ2n) is 9.10. The van der Waals surface area contributed by atoms with E-state index in [1.807, 2.05) is 31.2 Å². The molecule has 2 heterocycles. The number of nitrogens with zero attached hydrogens (tertiary/aromatic N) is 2. The van der Waals surface area contributed by atoms with E-state index in [1.165, 1.54) is 7.05 Å². The Morgan fingerprint density at radius 1 is 1.14 bits per heavy atom. The predicted molar refractivity (Wildman–Crippen MR) is 136 cm³/mol. The Bertz CT molecular complexity index is 1490. The third-order valence-corrected chi connectivity index (χ3v) is 8.18.